The summed E-state index contributed by atoms with van der Waals surface area (Å²) in [5, 5.41) is 17.1. The van der Waals surface area contributed by atoms with Gasteiger partial charge in [0.1, 0.15) is 5.75 Å². The molecule has 0 bridgehead atoms. The van der Waals surface area contributed by atoms with Crippen LogP contribution in [-0.2, 0) is 13.2 Å². The summed E-state index contributed by atoms with van der Waals surface area (Å²) in [6.07, 6.45) is 3.45. The number of carbonyl (C=O) groups excluding carboxylic acids is 1. The molecule has 0 fully saturated rings. The van der Waals surface area contributed by atoms with Crippen LogP contribution in [0.3, 0.4) is 0 Å². The molecule has 0 aliphatic rings. The van der Waals surface area contributed by atoms with Gasteiger partial charge in [0.2, 0.25) is 0 Å². The normalized spacial score (nSPS) is 11.7. The molecule has 0 aliphatic heterocycles. The zero-order valence-corrected chi connectivity index (χ0v) is 18.2. The van der Waals surface area contributed by atoms with Crippen molar-refractivity contribution in [1.82, 2.24) is 10.7 Å². The highest BCUT2D eigenvalue weighted by Crippen LogP contribution is 2.23. The Morgan fingerprint density at radius 3 is 2.70 bits per heavy atom. The van der Waals surface area contributed by atoms with Crippen LogP contribution in [0.2, 0.25) is 5.02 Å². The van der Waals surface area contributed by atoms with Crippen molar-refractivity contribution in [1.29, 1.82) is 0 Å². The van der Waals surface area contributed by atoms with Crippen LogP contribution in [0.5, 0.6) is 5.75 Å². The van der Waals surface area contributed by atoms with E-state index in [0.29, 0.717) is 41.1 Å². The van der Waals surface area contributed by atoms with Crippen LogP contribution >= 0.6 is 11.6 Å². The van der Waals surface area contributed by atoms with E-state index in [1.165, 1.54) is 0 Å². The summed E-state index contributed by atoms with van der Waals surface area (Å²) in [5.74, 6) is 1.14. The van der Waals surface area contributed by atoms with Gasteiger partial charge >= 0.3 is 0 Å². The van der Waals surface area contributed by atoms with Crippen molar-refractivity contribution in [3.63, 3.8) is 0 Å². The Morgan fingerprint density at radius 2 is 2.00 bits per heavy atom. The Hall–Kier alpha value is -2.83. The number of carbonyl (C=O) groups is 1. The predicted molar refractivity (Wildman–Crippen MR) is 121 cm³/mol. The zero-order chi connectivity index (χ0) is 21.9. The second-order valence-corrected chi connectivity index (χ2v) is 7.49. The van der Waals surface area contributed by atoms with Crippen molar-refractivity contribution in [2.24, 2.45) is 11.0 Å². The summed E-state index contributed by atoms with van der Waals surface area (Å²) in [4.78, 5) is 12.6. The minimum absolute atomic E-state index is 0.216. The van der Waals surface area contributed by atoms with E-state index in [1.54, 1.807) is 42.5 Å². The number of allylic oxidation sites excluding steroid dienone is 1. The Balaban J connectivity index is 2.10. The van der Waals surface area contributed by atoms with Gasteiger partial charge in [0, 0.05) is 16.1 Å². The number of hydrogen-bond donors (Lipinski definition) is 3. The van der Waals surface area contributed by atoms with E-state index in [9.17, 15) is 9.90 Å². The average molecular weight is 430 g/mol. The monoisotopic (exact) mass is 429 g/mol. The molecule has 6 nitrogen and oxygen atoms in total. The summed E-state index contributed by atoms with van der Waals surface area (Å²) in [5.41, 5.74) is 4.77. The molecular weight excluding hydrogens is 402 g/mol. The first-order valence-corrected chi connectivity index (χ1v) is 10.2. The largest absolute Gasteiger partial charge is 0.493 e. The number of halogens is 1. The summed E-state index contributed by atoms with van der Waals surface area (Å²) in [6, 6.07) is 12.3. The highest BCUT2D eigenvalue weighted by Gasteiger charge is 2.12. The van der Waals surface area contributed by atoms with Gasteiger partial charge in [-0.15, -0.1) is 0 Å². The second-order valence-electron chi connectivity index (χ2n) is 7.06. The van der Waals surface area contributed by atoms with Gasteiger partial charge in [-0.25, -0.2) is 0 Å². The molecule has 3 N–H and O–H groups in total. The third-order valence-corrected chi connectivity index (χ3v) is 4.30. The summed E-state index contributed by atoms with van der Waals surface area (Å²) < 4.78 is 5.85. The molecule has 7 heteroatoms. The molecule has 1 amide bonds. The maximum Gasteiger partial charge on any atom is 0.257 e. The molecule has 2 aromatic carbocycles. The third kappa shape index (κ3) is 7.21. The van der Waals surface area contributed by atoms with E-state index in [1.807, 2.05) is 19.1 Å². The van der Waals surface area contributed by atoms with Gasteiger partial charge in [0.05, 0.1) is 19.8 Å². The molecule has 0 unspecified atom stereocenters. The Labute approximate surface area is 182 Å². The number of benzene rings is 2. The minimum atomic E-state index is -0.345. The molecule has 2 rings (SSSR count). The molecule has 0 radical (unpaired) electrons. The van der Waals surface area contributed by atoms with Gasteiger partial charge in [0.25, 0.3) is 5.91 Å². The van der Waals surface area contributed by atoms with E-state index in [4.69, 9.17) is 16.3 Å². The quantitative estimate of drug-likeness (QED) is 0.315. The lowest BCUT2D eigenvalue weighted by Crippen LogP contribution is -2.31. The van der Waals surface area contributed by atoms with Crippen LogP contribution in [0.4, 0.5) is 0 Å². The number of ether oxygens (including phenoxy) is 1. The molecule has 0 aliphatic carbocycles. The number of rotatable bonds is 9. The van der Waals surface area contributed by atoms with Crippen LogP contribution in [0.1, 0.15) is 42.3 Å². The lowest BCUT2D eigenvalue weighted by molar-refractivity contribution is 0.0974. The Kier molecular flexibility index (Phi) is 9.38. The van der Waals surface area contributed by atoms with Crippen LogP contribution in [0, 0.1) is 5.92 Å². The number of amidine groups is 1. The topological polar surface area (TPSA) is 83.0 Å². The fourth-order valence-corrected chi connectivity index (χ4v) is 2.82. The summed E-state index contributed by atoms with van der Waals surface area (Å²) in [7, 11) is 0. The highest BCUT2D eigenvalue weighted by atomic mass is 35.5. The molecule has 0 spiro atoms. The van der Waals surface area contributed by atoms with Crippen molar-refractivity contribution in [3.8, 4) is 5.75 Å². The lowest BCUT2D eigenvalue weighted by Gasteiger charge is -2.14. The smallest absolute Gasteiger partial charge is 0.257 e. The number of aliphatic hydroxyl groups excluding tert-OH is 1. The van der Waals surface area contributed by atoms with Crippen molar-refractivity contribution in [2.45, 2.75) is 33.9 Å². The van der Waals surface area contributed by atoms with Gasteiger partial charge in [-0.1, -0.05) is 49.7 Å². The van der Waals surface area contributed by atoms with Gasteiger partial charge in [-0.2, -0.15) is 5.10 Å². The van der Waals surface area contributed by atoms with Gasteiger partial charge in [0.15, 0.2) is 5.84 Å². The van der Waals surface area contributed by atoms with Crippen molar-refractivity contribution < 1.29 is 14.6 Å². The molecular formula is C23H28ClN3O3. The fraction of sp³-hybridized carbons (Fsp3) is 0.304. The van der Waals surface area contributed by atoms with Crippen LogP contribution in [-0.4, -0.2) is 23.5 Å². The van der Waals surface area contributed by atoms with Crippen LogP contribution < -0.4 is 15.5 Å². The van der Waals surface area contributed by atoms with E-state index < -0.39 is 0 Å². The third-order valence-electron chi connectivity index (χ3n) is 4.06. The molecule has 0 saturated carbocycles. The standard InChI is InChI=1S/C23H28ClN3O3/c1-4-7-22(26-23(29)20-9-6-5-8-17(20)14-28)27-25-13-18-12-19(24)10-11-21(18)30-15-16(2)3/h4-12,16,25,28H,13-15H2,1-3H3,(H,26,27,29)/b7-4+. The Morgan fingerprint density at radius 1 is 1.23 bits per heavy atom. The first-order chi connectivity index (χ1) is 14.4. The van der Waals surface area contributed by atoms with Gasteiger partial charge in [-0.3, -0.25) is 4.79 Å². The van der Waals surface area contributed by atoms with E-state index in [0.717, 1.165) is 11.3 Å². The van der Waals surface area contributed by atoms with Crippen molar-refractivity contribution in [2.75, 3.05) is 6.61 Å². The first kappa shape index (κ1) is 23.4. The number of hydrazone groups is 1. The van der Waals surface area contributed by atoms with Crippen LogP contribution in [0.15, 0.2) is 59.7 Å². The molecule has 0 atom stereocenters. The molecule has 160 valence electrons. The number of nitrogens with one attached hydrogen (secondary N) is 2. The fourth-order valence-electron chi connectivity index (χ4n) is 2.62. The molecule has 30 heavy (non-hydrogen) atoms. The average Bonchev–Trinajstić information content (AvgIpc) is 2.73. The predicted octanol–water partition coefficient (Wildman–Crippen LogP) is 4.28. The van der Waals surface area contributed by atoms with E-state index in [-0.39, 0.29) is 12.5 Å². The first-order valence-electron chi connectivity index (χ1n) is 9.79. The number of amides is 1. The molecule has 0 heterocycles. The summed E-state index contributed by atoms with van der Waals surface area (Å²) >= 11 is 6.13. The van der Waals surface area contributed by atoms with Crippen molar-refractivity contribution >= 4 is 23.3 Å². The van der Waals surface area contributed by atoms with Gasteiger partial charge < -0.3 is 20.6 Å². The van der Waals surface area contributed by atoms with Gasteiger partial charge in [-0.05, 0) is 48.7 Å². The maximum atomic E-state index is 12.6. The molecule has 2 aromatic rings. The SMILES string of the molecule is C/C=C/C(=N\NCc1cc(Cl)ccc1OCC(C)C)NC(=O)c1ccccc1CO. The number of aliphatic hydroxyl groups is 1. The van der Waals surface area contributed by atoms with E-state index >= 15 is 0 Å². The highest BCUT2D eigenvalue weighted by molar-refractivity contribution is 6.30. The lowest BCUT2D eigenvalue weighted by atomic mass is 10.1. The van der Waals surface area contributed by atoms with E-state index in [2.05, 4.69) is 29.7 Å². The molecule has 0 aromatic heterocycles. The second kappa shape index (κ2) is 12.0. The molecule has 0 saturated heterocycles. The number of nitrogens with zero attached hydrogens (tertiary/aromatic N) is 1. The maximum absolute atomic E-state index is 12.6. The van der Waals surface area contributed by atoms with Crippen LogP contribution in [0.25, 0.3) is 0 Å². The van der Waals surface area contributed by atoms with Crippen molar-refractivity contribution in [3.05, 3.63) is 76.3 Å². The number of hydrogen-bond acceptors (Lipinski definition) is 5. The summed E-state index contributed by atoms with van der Waals surface area (Å²) in [6.45, 7) is 6.75. The zero-order valence-electron chi connectivity index (χ0n) is 17.5. The Bertz CT molecular complexity index is 910. The minimum Gasteiger partial charge on any atom is -0.493 e.